The second-order valence-electron chi connectivity index (χ2n) is 7.26. The number of hydrogen-bond donors (Lipinski definition) is 2. The third-order valence-corrected chi connectivity index (χ3v) is 5.68. The van der Waals surface area contributed by atoms with Gasteiger partial charge in [-0.2, -0.15) is 18.2 Å². The van der Waals surface area contributed by atoms with Crippen molar-refractivity contribution >= 4 is 28.8 Å². The Morgan fingerprint density at radius 1 is 1.29 bits per heavy atom. The second kappa shape index (κ2) is 9.47. The van der Waals surface area contributed by atoms with Gasteiger partial charge in [0.05, 0.1) is 16.6 Å². The van der Waals surface area contributed by atoms with Crippen molar-refractivity contribution in [3.63, 3.8) is 0 Å². The van der Waals surface area contributed by atoms with E-state index in [1.165, 1.54) is 11.3 Å². The molecular weight excluding hydrogens is 469 g/mol. The van der Waals surface area contributed by atoms with Crippen molar-refractivity contribution < 1.29 is 17.7 Å². The summed E-state index contributed by atoms with van der Waals surface area (Å²) in [6.07, 6.45) is 4.07. The zero-order chi connectivity index (χ0) is 24.3. The van der Waals surface area contributed by atoms with Crippen molar-refractivity contribution in [2.75, 3.05) is 11.1 Å². The van der Waals surface area contributed by atoms with Crippen LogP contribution in [0.2, 0.25) is 0 Å². The van der Waals surface area contributed by atoms with Crippen molar-refractivity contribution in [2.24, 2.45) is 12.0 Å². The largest absolute Gasteiger partial charge is 0.471 e. The van der Waals surface area contributed by atoms with E-state index in [9.17, 15) is 13.2 Å². The van der Waals surface area contributed by atoms with E-state index >= 15 is 0 Å². The Kier molecular flexibility index (Phi) is 6.45. The fourth-order valence-corrected chi connectivity index (χ4v) is 3.95. The number of halogens is 3. The van der Waals surface area contributed by atoms with Crippen LogP contribution in [0.25, 0.3) is 10.7 Å². The molecule has 0 bridgehead atoms. The van der Waals surface area contributed by atoms with Crippen LogP contribution in [0.5, 0.6) is 0 Å². The summed E-state index contributed by atoms with van der Waals surface area (Å²) in [6, 6.07) is 5.30. The first-order chi connectivity index (χ1) is 16.2. The van der Waals surface area contributed by atoms with E-state index in [0.29, 0.717) is 34.3 Å². The number of aromatic nitrogens is 5. The zero-order valence-corrected chi connectivity index (χ0v) is 18.9. The fourth-order valence-electron chi connectivity index (χ4n) is 2.92. The number of nitrogens with one attached hydrogen (secondary N) is 1. The maximum absolute atomic E-state index is 12.7. The van der Waals surface area contributed by atoms with E-state index in [2.05, 4.69) is 34.9 Å². The number of hydrogen-bond acceptors (Lipinski definition) is 8. The molecule has 4 heterocycles. The zero-order valence-electron chi connectivity index (χ0n) is 18.0. The molecule has 0 saturated heterocycles. The predicted octanol–water partition coefficient (Wildman–Crippen LogP) is 4.53. The molecule has 0 aromatic carbocycles. The Bertz CT molecular complexity index is 1340. The maximum Gasteiger partial charge on any atom is 0.471 e. The fraction of sp³-hybridized carbons (Fsp3) is 0.190. The quantitative estimate of drug-likeness (QED) is 0.302. The van der Waals surface area contributed by atoms with Crippen molar-refractivity contribution in [1.29, 1.82) is 0 Å². The van der Waals surface area contributed by atoms with Crippen LogP contribution in [0.1, 0.15) is 23.3 Å². The summed E-state index contributed by atoms with van der Waals surface area (Å²) in [5.74, 6) is 0.0694. The molecule has 0 atom stereocenters. The van der Waals surface area contributed by atoms with Crippen molar-refractivity contribution in [1.82, 2.24) is 24.7 Å². The molecule has 0 aliphatic carbocycles. The van der Waals surface area contributed by atoms with E-state index in [4.69, 9.17) is 5.73 Å². The van der Waals surface area contributed by atoms with E-state index in [1.54, 1.807) is 41.5 Å². The van der Waals surface area contributed by atoms with Gasteiger partial charge in [0.15, 0.2) is 0 Å². The molecule has 3 N–H and O–H groups in total. The number of anilines is 2. The molecule has 4 rings (SSSR count). The van der Waals surface area contributed by atoms with Gasteiger partial charge in [-0.05, 0) is 30.7 Å². The first-order valence-corrected chi connectivity index (χ1v) is 10.7. The minimum absolute atomic E-state index is 0.0989. The van der Waals surface area contributed by atoms with Crippen LogP contribution in [0.4, 0.5) is 24.8 Å². The summed E-state index contributed by atoms with van der Waals surface area (Å²) in [6.45, 7) is 1.90. The lowest BCUT2D eigenvalue weighted by Gasteiger charge is -2.09. The second-order valence-corrected chi connectivity index (χ2v) is 8.43. The molecule has 176 valence electrons. The number of nitrogen functional groups attached to an aromatic ring is 1. The summed E-state index contributed by atoms with van der Waals surface area (Å²) < 4.78 is 44.2. The number of nitrogens with two attached hydrogens (primary N) is 1. The highest BCUT2D eigenvalue weighted by Crippen LogP contribution is 2.32. The number of thiophene rings is 1. The molecule has 4 aromatic heterocycles. The highest BCUT2D eigenvalue weighted by Gasteiger charge is 2.38. The normalized spacial score (nSPS) is 12.9. The molecule has 4 aromatic rings. The van der Waals surface area contributed by atoms with Gasteiger partial charge in [0, 0.05) is 43.1 Å². The maximum atomic E-state index is 12.7. The van der Waals surface area contributed by atoms with Gasteiger partial charge in [0.1, 0.15) is 17.5 Å². The lowest BCUT2D eigenvalue weighted by atomic mass is 10.2. The van der Waals surface area contributed by atoms with Crippen LogP contribution >= 0.6 is 11.3 Å². The third-order valence-electron chi connectivity index (χ3n) is 4.60. The highest BCUT2D eigenvalue weighted by molar-refractivity contribution is 7.15. The Hall–Kier alpha value is -4.00. The van der Waals surface area contributed by atoms with Crippen LogP contribution in [-0.4, -0.2) is 30.5 Å². The lowest BCUT2D eigenvalue weighted by molar-refractivity contribution is -0.159. The van der Waals surface area contributed by atoms with Gasteiger partial charge >= 0.3 is 12.1 Å². The summed E-state index contributed by atoms with van der Waals surface area (Å²) >= 11 is 1.28. The standard InChI is InChI=1S/C21H19F3N8OS/c1-12(9-13-3-4-15(34-13)19-30-20(33-31-19)21(22,23)24)10-28-18(14-5-8-32(2)17(14)25)29-16-11-26-6-7-27-16/h3-8,10-11H,9,25H2,1-2H3,(H,27,28,29)/b12-10+. The molecule has 0 unspecified atom stereocenters. The Balaban J connectivity index is 1.53. The van der Waals surface area contributed by atoms with E-state index in [0.717, 1.165) is 10.5 Å². The van der Waals surface area contributed by atoms with E-state index in [1.807, 2.05) is 26.2 Å². The average molecular weight is 488 g/mol. The van der Waals surface area contributed by atoms with Crippen LogP contribution in [0.15, 0.2) is 64.3 Å². The van der Waals surface area contributed by atoms with E-state index in [-0.39, 0.29) is 5.82 Å². The first-order valence-electron chi connectivity index (χ1n) is 9.88. The average Bonchev–Trinajstić information content (AvgIpc) is 3.53. The Labute approximate surface area is 195 Å². The molecule has 0 amide bonds. The minimum Gasteiger partial charge on any atom is -0.384 e. The molecule has 0 aliphatic heterocycles. The summed E-state index contributed by atoms with van der Waals surface area (Å²) in [5.41, 5.74) is 7.78. The molecule has 13 heteroatoms. The van der Waals surface area contributed by atoms with Crippen LogP contribution in [0, 0.1) is 0 Å². The molecule has 0 aliphatic rings. The molecule has 0 spiro atoms. The van der Waals surface area contributed by atoms with Crippen molar-refractivity contribution in [3.05, 3.63) is 71.1 Å². The number of alkyl halides is 3. The first kappa shape index (κ1) is 23.2. The van der Waals surface area contributed by atoms with Gasteiger partial charge in [0.25, 0.3) is 0 Å². The number of nitrogens with zero attached hydrogens (tertiary/aromatic N) is 6. The highest BCUT2D eigenvalue weighted by atomic mass is 32.1. The Morgan fingerprint density at radius 3 is 2.76 bits per heavy atom. The molecule has 34 heavy (non-hydrogen) atoms. The predicted molar refractivity (Wildman–Crippen MR) is 122 cm³/mol. The summed E-state index contributed by atoms with van der Waals surface area (Å²) in [5, 5.41) is 6.55. The minimum atomic E-state index is -4.68. The monoisotopic (exact) mass is 488 g/mol. The van der Waals surface area contributed by atoms with Crippen molar-refractivity contribution in [3.8, 4) is 10.7 Å². The Morgan fingerprint density at radius 2 is 2.12 bits per heavy atom. The van der Waals surface area contributed by atoms with Crippen molar-refractivity contribution in [2.45, 2.75) is 19.5 Å². The SMILES string of the molecule is C/C(=C\N=C(Nc1cnccn1)c1ccn(C)c1N)Cc1ccc(-c2noc(C(F)(F)F)n2)s1. The molecular formula is C21H19F3N8OS. The van der Waals surface area contributed by atoms with Crippen LogP contribution in [0.3, 0.4) is 0 Å². The van der Waals surface area contributed by atoms with E-state index < -0.39 is 12.1 Å². The van der Waals surface area contributed by atoms with Crippen LogP contribution < -0.4 is 11.1 Å². The van der Waals surface area contributed by atoms with Gasteiger partial charge in [0.2, 0.25) is 5.82 Å². The van der Waals surface area contributed by atoms with Gasteiger partial charge in [-0.15, -0.1) is 11.3 Å². The number of rotatable bonds is 6. The summed E-state index contributed by atoms with van der Waals surface area (Å²) in [4.78, 5) is 17.6. The number of aryl methyl sites for hydroxylation is 1. The lowest BCUT2D eigenvalue weighted by Crippen LogP contribution is -2.16. The smallest absolute Gasteiger partial charge is 0.384 e. The third kappa shape index (κ3) is 5.31. The number of aliphatic imine (C=N–C) groups is 1. The topological polar surface area (TPSA) is 120 Å². The number of allylic oxidation sites excluding steroid dienone is 1. The van der Waals surface area contributed by atoms with Gasteiger partial charge in [-0.3, -0.25) is 4.98 Å². The summed E-state index contributed by atoms with van der Waals surface area (Å²) in [7, 11) is 1.83. The van der Waals surface area contributed by atoms with Crippen LogP contribution in [-0.2, 0) is 19.6 Å². The van der Waals surface area contributed by atoms with Gasteiger partial charge < -0.3 is 20.1 Å². The molecule has 0 fully saturated rings. The molecule has 0 radical (unpaired) electrons. The van der Waals surface area contributed by atoms with Gasteiger partial charge in [-0.25, -0.2) is 9.98 Å². The van der Waals surface area contributed by atoms with Gasteiger partial charge in [-0.1, -0.05) is 5.16 Å². The molecule has 9 nitrogen and oxygen atoms in total. The number of amidine groups is 1. The molecule has 0 saturated carbocycles.